The third-order valence-corrected chi connectivity index (χ3v) is 3.45. The highest BCUT2D eigenvalue weighted by Gasteiger charge is 2.48. The summed E-state index contributed by atoms with van der Waals surface area (Å²) in [6.45, 7) is 12.5. The number of allylic oxidation sites excluding steroid dienone is 1. The SMILES string of the molecule is C=C(OC)C1C(C)(C)CC(=O)CC1(C)C. The molecule has 0 unspecified atom stereocenters. The molecule has 0 radical (unpaired) electrons. The Balaban J connectivity index is 3.08. The highest BCUT2D eigenvalue weighted by Crippen LogP contribution is 2.52. The summed E-state index contributed by atoms with van der Waals surface area (Å²) in [5.41, 5.74) is -0.0994. The van der Waals surface area contributed by atoms with Crippen LogP contribution in [0.2, 0.25) is 0 Å². The van der Waals surface area contributed by atoms with Gasteiger partial charge in [0.1, 0.15) is 5.78 Å². The van der Waals surface area contributed by atoms with Gasteiger partial charge in [-0.3, -0.25) is 4.79 Å². The molecule has 1 saturated carbocycles. The third-order valence-electron chi connectivity index (χ3n) is 3.45. The van der Waals surface area contributed by atoms with Gasteiger partial charge in [0.2, 0.25) is 0 Å². The number of hydrogen-bond donors (Lipinski definition) is 0. The lowest BCUT2D eigenvalue weighted by Gasteiger charge is -2.48. The fraction of sp³-hybridized carbons (Fsp3) is 0.769. The first-order valence-corrected chi connectivity index (χ1v) is 5.45. The summed E-state index contributed by atoms with van der Waals surface area (Å²) in [6, 6.07) is 0. The van der Waals surface area contributed by atoms with Crippen LogP contribution in [0.4, 0.5) is 0 Å². The molecule has 1 fully saturated rings. The van der Waals surface area contributed by atoms with E-state index in [0.29, 0.717) is 18.6 Å². The zero-order valence-corrected chi connectivity index (χ0v) is 10.5. The van der Waals surface area contributed by atoms with Gasteiger partial charge in [-0.15, -0.1) is 0 Å². The largest absolute Gasteiger partial charge is 0.501 e. The molecule has 0 heterocycles. The van der Waals surface area contributed by atoms with Gasteiger partial charge in [0, 0.05) is 18.8 Å². The van der Waals surface area contributed by atoms with Crippen LogP contribution in [0.15, 0.2) is 12.3 Å². The van der Waals surface area contributed by atoms with Crippen molar-refractivity contribution in [2.75, 3.05) is 7.11 Å². The maximum Gasteiger partial charge on any atom is 0.134 e. The molecular formula is C13H22O2. The first-order chi connectivity index (χ1) is 6.70. The number of methoxy groups -OCH3 is 1. The summed E-state index contributed by atoms with van der Waals surface area (Å²) in [4.78, 5) is 11.7. The maximum atomic E-state index is 11.7. The standard InChI is InChI=1S/C13H22O2/c1-9(15-6)11-12(2,3)7-10(14)8-13(11,4)5/h11H,1,7-8H2,2-6H3. The molecular weight excluding hydrogens is 188 g/mol. The summed E-state index contributed by atoms with van der Waals surface area (Å²) in [6.07, 6.45) is 1.26. The van der Waals surface area contributed by atoms with Crippen molar-refractivity contribution in [3.05, 3.63) is 12.3 Å². The quantitative estimate of drug-likeness (QED) is 0.654. The second-order valence-corrected chi connectivity index (χ2v) is 5.97. The first-order valence-electron chi connectivity index (χ1n) is 5.45. The molecule has 0 aromatic carbocycles. The molecule has 0 atom stereocenters. The monoisotopic (exact) mass is 210 g/mol. The van der Waals surface area contributed by atoms with Gasteiger partial charge in [0.15, 0.2) is 0 Å². The Kier molecular flexibility index (Phi) is 2.99. The molecule has 0 spiro atoms. The highest BCUT2D eigenvalue weighted by atomic mass is 16.5. The molecule has 0 aromatic rings. The minimum atomic E-state index is -0.0497. The van der Waals surface area contributed by atoms with Crippen LogP contribution in [-0.4, -0.2) is 12.9 Å². The van der Waals surface area contributed by atoms with E-state index < -0.39 is 0 Å². The molecule has 0 bridgehead atoms. The molecule has 0 N–H and O–H groups in total. The fourth-order valence-corrected chi connectivity index (χ4v) is 3.33. The van der Waals surface area contributed by atoms with Gasteiger partial charge in [-0.05, 0) is 10.8 Å². The van der Waals surface area contributed by atoms with Crippen LogP contribution in [0.1, 0.15) is 40.5 Å². The van der Waals surface area contributed by atoms with Crippen LogP contribution in [-0.2, 0) is 9.53 Å². The molecule has 1 aliphatic rings. The molecule has 1 aliphatic carbocycles. The fourth-order valence-electron chi connectivity index (χ4n) is 3.33. The second kappa shape index (κ2) is 3.66. The maximum absolute atomic E-state index is 11.7. The van der Waals surface area contributed by atoms with Gasteiger partial charge in [-0.2, -0.15) is 0 Å². The summed E-state index contributed by atoms with van der Waals surface area (Å²) in [5, 5.41) is 0. The molecule has 1 rings (SSSR count). The summed E-state index contributed by atoms with van der Waals surface area (Å²) < 4.78 is 5.29. The number of ketones is 1. The van der Waals surface area contributed by atoms with Crippen molar-refractivity contribution >= 4 is 5.78 Å². The third kappa shape index (κ3) is 2.24. The average Bonchev–Trinajstić information content (AvgIpc) is 1.97. The van der Waals surface area contributed by atoms with Crippen LogP contribution in [0.3, 0.4) is 0 Å². The minimum Gasteiger partial charge on any atom is -0.501 e. The summed E-state index contributed by atoms with van der Waals surface area (Å²) in [7, 11) is 1.66. The van der Waals surface area contributed by atoms with E-state index in [1.807, 2.05) is 0 Å². The molecule has 2 nitrogen and oxygen atoms in total. The van der Waals surface area contributed by atoms with Crippen molar-refractivity contribution in [3.63, 3.8) is 0 Å². The van der Waals surface area contributed by atoms with E-state index in [0.717, 1.165) is 5.76 Å². The average molecular weight is 210 g/mol. The molecule has 0 saturated heterocycles. The van der Waals surface area contributed by atoms with Crippen LogP contribution in [0.25, 0.3) is 0 Å². The smallest absolute Gasteiger partial charge is 0.134 e. The van der Waals surface area contributed by atoms with Gasteiger partial charge in [0.25, 0.3) is 0 Å². The normalized spacial score (nSPS) is 25.0. The van der Waals surface area contributed by atoms with E-state index in [1.165, 1.54) is 0 Å². The molecule has 86 valence electrons. The topological polar surface area (TPSA) is 26.3 Å². The second-order valence-electron chi connectivity index (χ2n) is 5.97. The Morgan fingerprint density at radius 1 is 1.27 bits per heavy atom. The summed E-state index contributed by atoms with van der Waals surface area (Å²) >= 11 is 0. The molecule has 0 aliphatic heterocycles. The Bertz CT molecular complexity index is 267. The predicted molar refractivity (Wildman–Crippen MR) is 61.4 cm³/mol. The van der Waals surface area contributed by atoms with E-state index in [2.05, 4.69) is 34.3 Å². The lowest BCUT2D eigenvalue weighted by molar-refractivity contribution is -0.131. The highest BCUT2D eigenvalue weighted by molar-refractivity contribution is 5.81. The van der Waals surface area contributed by atoms with Crippen molar-refractivity contribution in [1.82, 2.24) is 0 Å². The van der Waals surface area contributed by atoms with Gasteiger partial charge in [0.05, 0.1) is 12.9 Å². The van der Waals surface area contributed by atoms with Gasteiger partial charge < -0.3 is 4.74 Å². The van der Waals surface area contributed by atoms with Gasteiger partial charge in [-0.1, -0.05) is 34.3 Å². The number of rotatable bonds is 2. The van der Waals surface area contributed by atoms with Crippen molar-refractivity contribution in [1.29, 1.82) is 0 Å². The number of carbonyl (C=O) groups excluding carboxylic acids is 1. The van der Waals surface area contributed by atoms with E-state index in [1.54, 1.807) is 7.11 Å². The van der Waals surface area contributed by atoms with Crippen LogP contribution >= 0.6 is 0 Å². The van der Waals surface area contributed by atoms with Crippen LogP contribution in [0, 0.1) is 16.7 Å². The number of hydrogen-bond acceptors (Lipinski definition) is 2. The predicted octanol–water partition coefficient (Wildman–Crippen LogP) is 3.18. The molecule has 2 heteroatoms. The Labute approximate surface area is 92.7 Å². The van der Waals surface area contributed by atoms with Crippen LogP contribution < -0.4 is 0 Å². The van der Waals surface area contributed by atoms with Crippen LogP contribution in [0.5, 0.6) is 0 Å². The lowest BCUT2D eigenvalue weighted by Crippen LogP contribution is -2.45. The minimum absolute atomic E-state index is 0.0497. The summed E-state index contributed by atoms with van der Waals surface area (Å²) in [5.74, 6) is 1.40. The van der Waals surface area contributed by atoms with Crippen molar-refractivity contribution < 1.29 is 9.53 Å². The van der Waals surface area contributed by atoms with E-state index in [4.69, 9.17) is 4.74 Å². The van der Waals surface area contributed by atoms with E-state index >= 15 is 0 Å². The van der Waals surface area contributed by atoms with Crippen molar-refractivity contribution in [2.24, 2.45) is 16.7 Å². The number of carbonyl (C=O) groups is 1. The number of ether oxygens (including phenoxy) is 1. The first kappa shape index (κ1) is 12.3. The van der Waals surface area contributed by atoms with Crippen molar-refractivity contribution in [3.8, 4) is 0 Å². The Hall–Kier alpha value is -0.790. The van der Waals surface area contributed by atoms with E-state index in [-0.39, 0.29) is 16.7 Å². The zero-order valence-electron chi connectivity index (χ0n) is 10.5. The number of Topliss-reactive ketones (excluding diaryl/α,β-unsaturated/α-hetero) is 1. The van der Waals surface area contributed by atoms with E-state index in [9.17, 15) is 4.79 Å². The van der Waals surface area contributed by atoms with Crippen molar-refractivity contribution in [2.45, 2.75) is 40.5 Å². The van der Waals surface area contributed by atoms with Gasteiger partial charge >= 0.3 is 0 Å². The van der Waals surface area contributed by atoms with Gasteiger partial charge in [-0.25, -0.2) is 0 Å². The lowest BCUT2D eigenvalue weighted by atomic mass is 9.56. The zero-order chi connectivity index (χ0) is 11.9. The molecule has 0 aromatic heterocycles. The molecule has 0 amide bonds. The Morgan fingerprint density at radius 2 is 1.67 bits per heavy atom. The Morgan fingerprint density at radius 3 is 2.00 bits per heavy atom. The molecule has 15 heavy (non-hydrogen) atoms.